The average Bonchev–Trinajstić information content (AvgIpc) is 2.30. The molecule has 1 rings (SSSR count). The molecule has 0 heterocycles. The van der Waals surface area contributed by atoms with Crippen molar-refractivity contribution in [3.8, 4) is 5.75 Å². The third-order valence-electron chi connectivity index (χ3n) is 2.57. The highest BCUT2D eigenvalue weighted by atomic mass is 19.1. The van der Waals surface area contributed by atoms with Crippen LogP contribution in [0.1, 0.15) is 27.2 Å². The second-order valence-electron chi connectivity index (χ2n) is 4.77. The number of hydrogen-bond donors (Lipinski definition) is 1. The maximum Gasteiger partial charge on any atom is 0.167 e. The van der Waals surface area contributed by atoms with Crippen molar-refractivity contribution in [2.24, 2.45) is 5.92 Å². The fraction of sp³-hybridized carbons (Fsp3) is 0.571. The van der Waals surface area contributed by atoms with Gasteiger partial charge >= 0.3 is 0 Å². The minimum absolute atomic E-state index is 0.106. The van der Waals surface area contributed by atoms with Gasteiger partial charge in [0.15, 0.2) is 11.6 Å². The summed E-state index contributed by atoms with van der Waals surface area (Å²) >= 11 is 0. The van der Waals surface area contributed by atoms with E-state index in [-0.39, 0.29) is 11.9 Å². The number of nitrogens with one attached hydrogen (secondary N) is 1. The summed E-state index contributed by atoms with van der Waals surface area (Å²) in [6, 6.07) is 3.37. The molecule has 0 amide bonds. The molecule has 0 saturated heterocycles. The first kappa shape index (κ1) is 14.9. The molecule has 1 N–H and O–H groups in total. The molecule has 0 aliphatic heterocycles. The van der Waals surface area contributed by atoms with Crippen LogP contribution in [0.5, 0.6) is 5.75 Å². The molecule has 0 aromatic heterocycles. The Kier molecular flexibility index (Phi) is 6.05. The summed E-state index contributed by atoms with van der Waals surface area (Å²) in [6.07, 6.45) is 0.658. The van der Waals surface area contributed by atoms with Crippen LogP contribution in [0.4, 0.5) is 8.78 Å². The van der Waals surface area contributed by atoms with Gasteiger partial charge in [0.25, 0.3) is 0 Å². The maximum atomic E-state index is 13.4. The van der Waals surface area contributed by atoms with Gasteiger partial charge in [-0.05, 0) is 31.0 Å². The molecule has 4 heteroatoms. The van der Waals surface area contributed by atoms with E-state index >= 15 is 0 Å². The summed E-state index contributed by atoms with van der Waals surface area (Å²) in [6.45, 7) is 7.77. The monoisotopic (exact) mass is 257 g/mol. The van der Waals surface area contributed by atoms with Crippen LogP contribution in [0.3, 0.4) is 0 Å². The zero-order valence-electron chi connectivity index (χ0n) is 11.2. The van der Waals surface area contributed by atoms with Crippen LogP contribution >= 0.6 is 0 Å². The van der Waals surface area contributed by atoms with Crippen molar-refractivity contribution >= 4 is 0 Å². The number of rotatable bonds is 7. The van der Waals surface area contributed by atoms with Gasteiger partial charge in [-0.15, -0.1) is 0 Å². The molecule has 0 radical (unpaired) electrons. The Hall–Kier alpha value is -1.16. The van der Waals surface area contributed by atoms with E-state index in [9.17, 15) is 8.78 Å². The smallest absolute Gasteiger partial charge is 0.167 e. The predicted octanol–water partition coefficient (Wildman–Crippen LogP) is 3.37. The summed E-state index contributed by atoms with van der Waals surface area (Å²) < 4.78 is 31.7. The Morgan fingerprint density at radius 1 is 1.22 bits per heavy atom. The van der Waals surface area contributed by atoms with Crippen molar-refractivity contribution in [3.63, 3.8) is 0 Å². The maximum absolute atomic E-state index is 13.4. The fourth-order valence-corrected chi connectivity index (χ4v) is 1.55. The standard InChI is InChI=1S/C14H21F2NO/c1-4-12(9-17-8-10(2)3)18-14-6-5-11(15)7-13(14)16/h5-7,10,12,17H,4,8-9H2,1-3H3. The molecule has 1 atom stereocenters. The Morgan fingerprint density at radius 2 is 1.94 bits per heavy atom. The van der Waals surface area contributed by atoms with Crippen LogP contribution in [-0.2, 0) is 0 Å². The van der Waals surface area contributed by atoms with E-state index < -0.39 is 11.6 Å². The van der Waals surface area contributed by atoms with E-state index in [1.165, 1.54) is 12.1 Å². The highest BCUT2D eigenvalue weighted by Gasteiger charge is 2.12. The molecule has 2 nitrogen and oxygen atoms in total. The number of halogens is 2. The molecule has 0 spiro atoms. The molecule has 1 aromatic rings. The topological polar surface area (TPSA) is 21.3 Å². The van der Waals surface area contributed by atoms with Crippen LogP contribution in [0.25, 0.3) is 0 Å². The zero-order chi connectivity index (χ0) is 13.5. The average molecular weight is 257 g/mol. The number of ether oxygens (including phenoxy) is 1. The van der Waals surface area contributed by atoms with Gasteiger partial charge < -0.3 is 10.1 Å². The normalized spacial score (nSPS) is 12.8. The van der Waals surface area contributed by atoms with Crippen molar-refractivity contribution < 1.29 is 13.5 Å². The molecular formula is C14H21F2NO. The van der Waals surface area contributed by atoms with Gasteiger partial charge in [-0.1, -0.05) is 20.8 Å². The van der Waals surface area contributed by atoms with Gasteiger partial charge in [0.1, 0.15) is 11.9 Å². The summed E-state index contributed by atoms with van der Waals surface area (Å²) in [7, 11) is 0. The van der Waals surface area contributed by atoms with Crippen molar-refractivity contribution in [2.75, 3.05) is 13.1 Å². The van der Waals surface area contributed by atoms with Gasteiger partial charge in [0.2, 0.25) is 0 Å². The Labute approximate surface area is 107 Å². The van der Waals surface area contributed by atoms with Gasteiger partial charge in [-0.3, -0.25) is 0 Å². The molecule has 18 heavy (non-hydrogen) atoms. The Balaban J connectivity index is 2.51. The second kappa shape index (κ2) is 7.31. The fourth-order valence-electron chi connectivity index (χ4n) is 1.55. The second-order valence-corrected chi connectivity index (χ2v) is 4.77. The van der Waals surface area contributed by atoms with Crippen molar-refractivity contribution in [3.05, 3.63) is 29.8 Å². The SMILES string of the molecule is CCC(CNCC(C)C)Oc1ccc(F)cc1F. The molecule has 1 aromatic carbocycles. The van der Waals surface area contributed by atoms with E-state index in [1.54, 1.807) is 0 Å². The minimum atomic E-state index is -0.655. The lowest BCUT2D eigenvalue weighted by Crippen LogP contribution is -2.33. The Morgan fingerprint density at radius 3 is 2.50 bits per heavy atom. The van der Waals surface area contributed by atoms with E-state index in [1.807, 2.05) is 6.92 Å². The third-order valence-corrected chi connectivity index (χ3v) is 2.57. The largest absolute Gasteiger partial charge is 0.486 e. The number of hydrogen-bond acceptors (Lipinski definition) is 2. The van der Waals surface area contributed by atoms with Crippen LogP contribution in [0.15, 0.2) is 18.2 Å². The third kappa shape index (κ3) is 5.00. The van der Waals surface area contributed by atoms with Crippen molar-refractivity contribution in [1.29, 1.82) is 0 Å². The number of benzene rings is 1. The lowest BCUT2D eigenvalue weighted by atomic mass is 10.2. The minimum Gasteiger partial charge on any atom is -0.486 e. The van der Waals surface area contributed by atoms with Crippen LogP contribution in [0, 0.1) is 17.6 Å². The summed E-state index contributed by atoms with van der Waals surface area (Å²) in [5.41, 5.74) is 0. The zero-order valence-corrected chi connectivity index (χ0v) is 11.2. The summed E-state index contributed by atoms with van der Waals surface area (Å²) in [5, 5.41) is 3.27. The van der Waals surface area contributed by atoms with Gasteiger partial charge in [0, 0.05) is 12.6 Å². The Bertz CT molecular complexity index is 369. The van der Waals surface area contributed by atoms with Crippen LogP contribution in [0.2, 0.25) is 0 Å². The first-order chi connectivity index (χ1) is 8.52. The van der Waals surface area contributed by atoms with E-state index in [4.69, 9.17) is 4.74 Å². The first-order valence-corrected chi connectivity index (χ1v) is 6.35. The lowest BCUT2D eigenvalue weighted by molar-refractivity contribution is 0.183. The molecule has 0 bridgehead atoms. The van der Waals surface area contributed by atoms with Crippen LogP contribution < -0.4 is 10.1 Å². The van der Waals surface area contributed by atoms with E-state index in [0.717, 1.165) is 19.0 Å². The van der Waals surface area contributed by atoms with Crippen molar-refractivity contribution in [1.82, 2.24) is 5.32 Å². The van der Waals surface area contributed by atoms with Gasteiger partial charge in [0.05, 0.1) is 0 Å². The van der Waals surface area contributed by atoms with Gasteiger partial charge in [-0.25, -0.2) is 8.78 Å². The summed E-state index contributed by atoms with van der Waals surface area (Å²) in [5.74, 6) is -0.581. The highest BCUT2D eigenvalue weighted by molar-refractivity contribution is 5.24. The predicted molar refractivity (Wildman–Crippen MR) is 68.8 cm³/mol. The quantitative estimate of drug-likeness (QED) is 0.808. The molecule has 0 aliphatic rings. The molecule has 0 fully saturated rings. The summed E-state index contributed by atoms with van der Waals surface area (Å²) in [4.78, 5) is 0. The van der Waals surface area contributed by atoms with Crippen molar-refractivity contribution in [2.45, 2.75) is 33.3 Å². The molecule has 0 aliphatic carbocycles. The van der Waals surface area contributed by atoms with E-state index in [0.29, 0.717) is 12.5 Å². The van der Waals surface area contributed by atoms with E-state index in [2.05, 4.69) is 19.2 Å². The van der Waals surface area contributed by atoms with Crippen LogP contribution in [-0.4, -0.2) is 19.2 Å². The first-order valence-electron chi connectivity index (χ1n) is 6.35. The molecular weight excluding hydrogens is 236 g/mol. The molecule has 1 unspecified atom stereocenters. The molecule has 0 saturated carbocycles. The lowest BCUT2D eigenvalue weighted by Gasteiger charge is -2.19. The van der Waals surface area contributed by atoms with Gasteiger partial charge in [-0.2, -0.15) is 0 Å². The highest BCUT2D eigenvalue weighted by Crippen LogP contribution is 2.19. The molecule has 102 valence electrons.